The Morgan fingerprint density at radius 1 is 1.50 bits per heavy atom. The van der Waals surface area contributed by atoms with Gasteiger partial charge in [0.1, 0.15) is 12.0 Å². The SMILES string of the molecule is O[C@@H]1CCCN1c1ccccn1. The number of rotatable bonds is 1. The topological polar surface area (TPSA) is 36.4 Å². The largest absolute Gasteiger partial charge is 0.374 e. The highest BCUT2D eigenvalue weighted by molar-refractivity contribution is 5.39. The summed E-state index contributed by atoms with van der Waals surface area (Å²) in [6, 6.07) is 5.74. The summed E-state index contributed by atoms with van der Waals surface area (Å²) in [6.07, 6.45) is 3.33. The maximum atomic E-state index is 9.53. The van der Waals surface area contributed by atoms with E-state index in [1.165, 1.54) is 0 Å². The van der Waals surface area contributed by atoms with E-state index in [4.69, 9.17) is 0 Å². The molecule has 0 saturated carbocycles. The summed E-state index contributed by atoms with van der Waals surface area (Å²) in [5, 5.41) is 9.53. The molecular weight excluding hydrogens is 152 g/mol. The van der Waals surface area contributed by atoms with Crippen LogP contribution in [0.4, 0.5) is 5.82 Å². The molecule has 3 heteroatoms. The molecule has 0 unspecified atom stereocenters. The summed E-state index contributed by atoms with van der Waals surface area (Å²) < 4.78 is 0. The van der Waals surface area contributed by atoms with Crippen LogP contribution in [0.1, 0.15) is 12.8 Å². The van der Waals surface area contributed by atoms with Gasteiger partial charge < -0.3 is 10.0 Å². The summed E-state index contributed by atoms with van der Waals surface area (Å²) in [7, 11) is 0. The smallest absolute Gasteiger partial charge is 0.130 e. The van der Waals surface area contributed by atoms with Crippen LogP contribution in [0, 0.1) is 0 Å². The maximum absolute atomic E-state index is 9.53. The van der Waals surface area contributed by atoms with Gasteiger partial charge in [0.2, 0.25) is 0 Å². The molecule has 0 aliphatic carbocycles. The Bertz CT molecular complexity index is 250. The molecule has 64 valence electrons. The van der Waals surface area contributed by atoms with Crippen molar-refractivity contribution in [1.82, 2.24) is 4.98 Å². The van der Waals surface area contributed by atoms with Crippen LogP contribution < -0.4 is 4.90 Å². The maximum Gasteiger partial charge on any atom is 0.130 e. The second-order valence-corrected chi connectivity index (χ2v) is 3.00. The molecule has 0 radical (unpaired) electrons. The van der Waals surface area contributed by atoms with Gasteiger partial charge in [0.05, 0.1) is 0 Å². The second-order valence-electron chi connectivity index (χ2n) is 3.00. The second kappa shape index (κ2) is 3.11. The van der Waals surface area contributed by atoms with Crippen LogP contribution in [0.25, 0.3) is 0 Å². The number of aliphatic hydroxyl groups is 1. The quantitative estimate of drug-likeness (QED) is 0.672. The molecule has 2 rings (SSSR count). The standard InChI is InChI=1S/C9H12N2O/c12-9-5-3-7-11(9)8-4-1-2-6-10-8/h1-2,4,6,9,12H,3,5,7H2/t9-/m1/s1. The molecule has 12 heavy (non-hydrogen) atoms. The first kappa shape index (κ1) is 7.55. The first-order chi connectivity index (χ1) is 5.88. The third kappa shape index (κ3) is 1.28. The zero-order valence-electron chi connectivity index (χ0n) is 6.85. The van der Waals surface area contributed by atoms with E-state index in [1.807, 2.05) is 23.1 Å². The van der Waals surface area contributed by atoms with Gasteiger partial charge in [0.15, 0.2) is 0 Å². The average Bonchev–Trinajstić information content (AvgIpc) is 2.53. The van der Waals surface area contributed by atoms with Crippen LogP contribution >= 0.6 is 0 Å². The molecule has 1 aliphatic rings. The van der Waals surface area contributed by atoms with E-state index in [9.17, 15) is 5.11 Å². The van der Waals surface area contributed by atoms with Crippen LogP contribution in [0.15, 0.2) is 24.4 Å². The molecule has 0 bridgehead atoms. The van der Waals surface area contributed by atoms with E-state index in [1.54, 1.807) is 6.20 Å². The Balaban J connectivity index is 2.19. The minimum Gasteiger partial charge on any atom is -0.374 e. The van der Waals surface area contributed by atoms with Crippen molar-refractivity contribution >= 4 is 5.82 Å². The van der Waals surface area contributed by atoms with Gasteiger partial charge in [-0.2, -0.15) is 0 Å². The Hall–Kier alpha value is -1.09. The molecule has 1 aromatic heterocycles. The number of aromatic nitrogens is 1. The highest BCUT2D eigenvalue weighted by Gasteiger charge is 2.22. The van der Waals surface area contributed by atoms with E-state index in [2.05, 4.69) is 4.98 Å². The number of hydrogen-bond donors (Lipinski definition) is 1. The molecule has 1 fully saturated rings. The number of aliphatic hydroxyl groups excluding tert-OH is 1. The van der Waals surface area contributed by atoms with Crippen molar-refractivity contribution < 1.29 is 5.11 Å². The molecule has 1 aromatic rings. The molecule has 1 atom stereocenters. The van der Waals surface area contributed by atoms with E-state index >= 15 is 0 Å². The van der Waals surface area contributed by atoms with Crippen molar-refractivity contribution in [2.45, 2.75) is 19.1 Å². The van der Waals surface area contributed by atoms with Crippen LogP contribution in [0.2, 0.25) is 0 Å². The molecule has 0 spiro atoms. The third-order valence-electron chi connectivity index (χ3n) is 2.16. The normalized spacial score (nSPS) is 23.1. The summed E-state index contributed by atoms with van der Waals surface area (Å²) in [5.41, 5.74) is 0. The minimum absolute atomic E-state index is 0.333. The Morgan fingerprint density at radius 3 is 3.00 bits per heavy atom. The van der Waals surface area contributed by atoms with Gasteiger partial charge in [-0.15, -0.1) is 0 Å². The van der Waals surface area contributed by atoms with Gasteiger partial charge in [-0.05, 0) is 25.0 Å². The van der Waals surface area contributed by atoms with Crippen molar-refractivity contribution in [3.05, 3.63) is 24.4 Å². The lowest BCUT2D eigenvalue weighted by Crippen LogP contribution is -2.29. The van der Waals surface area contributed by atoms with Crippen molar-refractivity contribution in [3.63, 3.8) is 0 Å². The first-order valence-electron chi connectivity index (χ1n) is 4.23. The van der Waals surface area contributed by atoms with Crippen LogP contribution in [0.5, 0.6) is 0 Å². The van der Waals surface area contributed by atoms with E-state index in [0.29, 0.717) is 0 Å². The molecular formula is C9H12N2O. The van der Waals surface area contributed by atoms with Crippen molar-refractivity contribution in [3.8, 4) is 0 Å². The predicted molar refractivity (Wildman–Crippen MR) is 46.8 cm³/mol. The molecule has 0 amide bonds. The van der Waals surface area contributed by atoms with Gasteiger partial charge >= 0.3 is 0 Å². The lowest BCUT2D eigenvalue weighted by Gasteiger charge is -2.20. The van der Waals surface area contributed by atoms with E-state index < -0.39 is 0 Å². The summed E-state index contributed by atoms with van der Waals surface area (Å²) in [5.74, 6) is 0.877. The fraction of sp³-hybridized carbons (Fsp3) is 0.444. The van der Waals surface area contributed by atoms with Crippen molar-refractivity contribution in [2.75, 3.05) is 11.4 Å². The highest BCUT2D eigenvalue weighted by Crippen LogP contribution is 2.20. The fourth-order valence-electron chi connectivity index (χ4n) is 1.54. The molecule has 1 N–H and O–H groups in total. The van der Waals surface area contributed by atoms with Crippen LogP contribution in [-0.4, -0.2) is 22.9 Å². The summed E-state index contributed by atoms with van der Waals surface area (Å²) in [6.45, 7) is 0.915. The lowest BCUT2D eigenvalue weighted by molar-refractivity contribution is 0.185. The predicted octanol–water partition coefficient (Wildman–Crippen LogP) is 1.00. The van der Waals surface area contributed by atoms with Gasteiger partial charge in [-0.3, -0.25) is 0 Å². The third-order valence-corrected chi connectivity index (χ3v) is 2.16. The molecule has 1 saturated heterocycles. The zero-order valence-corrected chi connectivity index (χ0v) is 6.85. The highest BCUT2D eigenvalue weighted by atomic mass is 16.3. The van der Waals surface area contributed by atoms with E-state index in [0.717, 1.165) is 25.2 Å². The molecule has 1 aliphatic heterocycles. The Labute approximate surface area is 71.7 Å². The van der Waals surface area contributed by atoms with Crippen molar-refractivity contribution in [1.29, 1.82) is 0 Å². The lowest BCUT2D eigenvalue weighted by atomic mass is 10.4. The molecule has 3 nitrogen and oxygen atoms in total. The Kier molecular flexibility index (Phi) is 1.96. The van der Waals surface area contributed by atoms with Gasteiger partial charge in [0.25, 0.3) is 0 Å². The van der Waals surface area contributed by atoms with Crippen molar-refractivity contribution in [2.24, 2.45) is 0 Å². The Morgan fingerprint density at radius 2 is 2.42 bits per heavy atom. The summed E-state index contributed by atoms with van der Waals surface area (Å²) in [4.78, 5) is 6.11. The van der Waals surface area contributed by atoms with Gasteiger partial charge in [0, 0.05) is 12.7 Å². The number of nitrogens with zero attached hydrogens (tertiary/aromatic N) is 2. The summed E-state index contributed by atoms with van der Waals surface area (Å²) >= 11 is 0. The first-order valence-corrected chi connectivity index (χ1v) is 4.23. The number of anilines is 1. The van der Waals surface area contributed by atoms with E-state index in [-0.39, 0.29) is 6.23 Å². The molecule has 0 aromatic carbocycles. The van der Waals surface area contributed by atoms with Gasteiger partial charge in [-0.25, -0.2) is 4.98 Å². The zero-order chi connectivity index (χ0) is 8.39. The monoisotopic (exact) mass is 164 g/mol. The van der Waals surface area contributed by atoms with Gasteiger partial charge in [-0.1, -0.05) is 6.07 Å². The average molecular weight is 164 g/mol. The number of pyridine rings is 1. The number of hydrogen-bond acceptors (Lipinski definition) is 3. The molecule has 2 heterocycles. The van der Waals surface area contributed by atoms with Crippen LogP contribution in [0.3, 0.4) is 0 Å². The fourth-order valence-corrected chi connectivity index (χ4v) is 1.54. The minimum atomic E-state index is -0.333. The van der Waals surface area contributed by atoms with Crippen LogP contribution in [-0.2, 0) is 0 Å².